The minimum Gasteiger partial charge on any atom is -0.461 e. The van der Waals surface area contributed by atoms with Gasteiger partial charge in [0.1, 0.15) is 28.0 Å². The number of hydrogen-bond acceptors (Lipinski definition) is 3. The summed E-state index contributed by atoms with van der Waals surface area (Å²) >= 11 is 3.34. The topological polar surface area (TPSA) is 55.0 Å². The van der Waals surface area contributed by atoms with Crippen LogP contribution >= 0.6 is 15.9 Å². The van der Waals surface area contributed by atoms with Gasteiger partial charge in [-0.1, -0.05) is 24.3 Å². The van der Waals surface area contributed by atoms with Gasteiger partial charge in [-0.3, -0.25) is 0 Å². The number of halogens is 3. The molecule has 0 aliphatic heterocycles. The molecule has 0 aliphatic rings. The van der Waals surface area contributed by atoms with Gasteiger partial charge in [-0.25, -0.2) is 13.6 Å². The molecule has 0 saturated carbocycles. The molecule has 1 heterocycles. The minimum atomic E-state index is -0.553. The third-order valence-electron chi connectivity index (χ3n) is 4.32. The Morgan fingerprint density at radius 3 is 2.43 bits per heavy atom. The number of rotatable bonds is 4. The van der Waals surface area contributed by atoms with Crippen molar-refractivity contribution in [2.75, 3.05) is 6.61 Å². The average Bonchev–Trinajstić information content (AvgIpc) is 2.94. The molecule has 0 amide bonds. The molecular weight excluding hydrogens is 430 g/mol. The van der Waals surface area contributed by atoms with Crippen LogP contribution in [-0.2, 0) is 11.8 Å². The zero-order chi connectivity index (χ0) is 20.4. The summed E-state index contributed by atoms with van der Waals surface area (Å²) in [6.07, 6.45) is 0. The Bertz CT molecular complexity index is 1100. The first-order valence-corrected chi connectivity index (χ1v) is 9.19. The summed E-state index contributed by atoms with van der Waals surface area (Å²) < 4.78 is 34.6. The molecule has 0 unspecified atom stereocenters. The van der Waals surface area contributed by atoms with E-state index in [1.165, 1.54) is 0 Å². The standard InChI is InChI=1S/C21H15BrF2N2O2/c1-3-28-21(27)19-18(16(11-25)20(22)26(19)2)13-6-4-12(5-7-13)15-10-14(23)8-9-17(15)24/h4-10H,3H2,1-2H3. The van der Waals surface area contributed by atoms with E-state index in [2.05, 4.69) is 22.0 Å². The first-order valence-electron chi connectivity index (χ1n) is 8.40. The molecule has 0 N–H and O–H groups in total. The zero-order valence-electron chi connectivity index (χ0n) is 15.1. The van der Waals surface area contributed by atoms with Crippen LogP contribution in [0.25, 0.3) is 22.3 Å². The Labute approximate surface area is 169 Å². The smallest absolute Gasteiger partial charge is 0.355 e. The van der Waals surface area contributed by atoms with Crippen LogP contribution in [0.5, 0.6) is 0 Å². The molecule has 142 valence electrons. The molecule has 0 atom stereocenters. The number of carbonyl (C=O) groups excluding carboxylic acids is 1. The fourth-order valence-electron chi connectivity index (χ4n) is 3.01. The van der Waals surface area contributed by atoms with E-state index in [1.807, 2.05) is 0 Å². The molecule has 7 heteroatoms. The fraction of sp³-hybridized carbons (Fsp3) is 0.143. The van der Waals surface area contributed by atoms with Crippen molar-refractivity contribution in [1.29, 1.82) is 5.26 Å². The highest BCUT2D eigenvalue weighted by Gasteiger charge is 2.26. The van der Waals surface area contributed by atoms with Crippen LogP contribution in [0, 0.1) is 23.0 Å². The molecule has 1 aromatic heterocycles. The summed E-state index contributed by atoms with van der Waals surface area (Å²) in [5, 5.41) is 9.57. The number of esters is 1. The van der Waals surface area contributed by atoms with E-state index in [-0.39, 0.29) is 23.4 Å². The molecule has 0 saturated heterocycles. The number of ether oxygens (including phenoxy) is 1. The highest BCUT2D eigenvalue weighted by molar-refractivity contribution is 9.10. The SMILES string of the molecule is CCOC(=O)c1c(-c2ccc(-c3cc(F)ccc3F)cc2)c(C#N)c(Br)n1C. The van der Waals surface area contributed by atoms with E-state index in [4.69, 9.17) is 4.74 Å². The van der Waals surface area contributed by atoms with E-state index < -0.39 is 17.6 Å². The van der Waals surface area contributed by atoms with Gasteiger partial charge < -0.3 is 9.30 Å². The van der Waals surface area contributed by atoms with Crippen molar-refractivity contribution in [2.24, 2.45) is 7.05 Å². The van der Waals surface area contributed by atoms with Crippen LogP contribution in [-0.4, -0.2) is 17.1 Å². The van der Waals surface area contributed by atoms with Crippen molar-refractivity contribution >= 4 is 21.9 Å². The van der Waals surface area contributed by atoms with Gasteiger partial charge in [0, 0.05) is 18.2 Å². The van der Waals surface area contributed by atoms with Gasteiger partial charge in [-0.05, 0) is 52.2 Å². The van der Waals surface area contributed by atoms with Crippen molar-refractivity contribution in [1.82, 2.24) is 4.57 Å². The molecule has 0 bridgehead atoms. The predicted molar refractivity (Wildman–Crippen MR) is 105 cm³/mol. The lowest BCUT2D eigenvalue weighted by atomic mass is 9.98. The maximum atomic E-state index is 14.0. The Morgan fingerprint density at radius 1 is 1.18 bits per heavy atom. The number of nitrogens with zero attached hydrogens (tertiary/aromatic N) is 2. The van der Waals surface area contributed by atoms with Crippen molar-refractivity contribution in [3.63, 3.8) is 0 Å². The molecule has 0 aliphatic carbocycles. The van der Waals surface area contributed by atoms with Crippen LogP contribution in [0.2, 0.25) is 0 Å². The molecule has 3 aromatic rings. The first-order chi connectivity index (χ1) is 13.4. The summed E-state index contributed by atoms with van der Waals surface area (Å²) in [6, 6.07) is 11.9. The molecule has 3 rings (SSSR count). The number of nitriles is 1. The van der Waals surface area contributed by atoms with E-state index in [0.29, 0.717) is 21.3 Å². The lowest BCUT2D eigenvalue weighted by molar-refractivity contribution is 0.0516. The largest absolute Gasteiger partial charge is 0.461 e. The second kappa shape index (κ2) is 7.95. The number of hydrogen-bond donors (Lipinski definition) is 0. The van der Waals surface area contributed by atoms with Gasteiger partial charge >= 0.3 is 5.97 Å². The normalized spacial score (nSPS) is 10.6. The van der Waals surface area contributed by atoms with Crippen LogP contribution in [0.4, 0.5) is 8.78 Å². The van der Waals surface area contributed by atoms with Gasteiger partial charge in [-0.2, -0.15) is 5.26 Å². The predicted octanol–water partition coefficient (Wildman–Crippen LogP) is 5.45. The third-order valence-corrected chi connectivity index (χ3v) is 5.25. The Hall–Kier alpha value is -2.98. The molecule has 2 aromatic carbocycles. The van der Waals surface area contributed by atoms with Crippen molar-refractivity contribution < 1.29 is 18.3 Å². The highest BCUT2D eigenvalue weighted by atomic mass is 79.9. The van der Waals surface area contributed by atoms with Gasteiger partial charge in [0.05, 0.1) is 12.2 Å². The van der Waals surface area contributed by atoms with Gasteiger partial charge in [0.15, 0.2) is 0 Å². The summed E-state index contributed by atoms with van der Waals surface area (Å²) in [4.78, 5) is 12.4. The van der Waals surface area contributed by atoms with Crippen LogP contribution in [0.3, 0.4) is 0 Å². The summed E-state index contributed by atoms with van der Waals surface area (Å²) in [5.41, 5.74) is 2.13. The Morgan fingerprint density at radius 2 is 1.82 bits per heavy atom. The second-order valence-corrected chi connectivity index (χ2v) is 6.73. The molecule has 0 spiro atoms. The number of aromatic nitrogens is 1. The molecular formula is C21H15BrF2N2O2. The average molecular weight is 445 g/mol. The van der Waals surface area contributed by atoms with Crippen molar-refractivity contribution in [3.05, 3.63) is 70.0 Å². The Kier molecular flexibility index (Phi) is 5.61. The quantitative estimate of drug-likeness (QED) is 0.502. The van der Waals surface area contributed by atoms with E-state index in [1.54, 1.807) is 42.8 Å². The minimum absolute atomic E-state index is 0.131. The molecule has 4 nitrogen and oxygen atoms in total. The number of benzene rings is 2. The van der Waals surface area contributed by atoms with Crippen molar-refractivity contribution in [3.8, 4) is 28.3 Å². The summed E-state index contributed by atoms with van der Waals surface area (Å²) in [6.45, 7) is 1.89. The maximum absolute atomic E-state index is 14.0. The van der Waals surface area contributed by atoms with E-state index >= 15 is 0 Å². The monoisotopic (exact) mass is 444 g/mol. The van der Waals surface area contributed by atoms with Gasteiger partial charge in [0.2, 0.25) is 0 Å². The number of carbonyl (C=O) groups is 1. The fourth-order valence-corrected chi connectivity index (χ4v) is 3.48. The maximum Gasteiger partial charge on any atom is 0.355 e. The third kappa shape index (κ3) is 3.43. The van der Waals surface area contributed by atoms with Crippen molar-refractivity contribution in [2.45, 2.75) is 6.92 Å². The lowest BCUT2D eigenvalue weighted by Crippen LogP contribution is -2.11. The highest BCUT2D eigenvalue weighted by Crippen LogP contribution is 2.36. The lowest BCUT2D eigenvalue weighted by Gasteiger charge is -2.09. The van der Waals surface area contributed by atoms with Crippen LogP contribution < -0.4 is 0 Å². The molecule has 28 heavy (non-hydrogen) atoms. The van der Waals surface area contributed by atoms with Gasteiger partial charge in [-0.15, -0.1) is 0 Å². The molecule has 0 radical (unpaired) electrons. The van der Waals surface area contributed by atoms with Crippen LogP contribution in [0.15, 0.2) is 47.1 Å². The molecule has 0 fully saturated rings. The Balaban J connectivity index is 2.14. The second-order valence-electron chi connectivity index (χ2n) is 5.98. The first kappa shape index (κ1) is 19.8. The van der Waals surface area contributed by atoms with Gasteiger partial charge in [0.25, 0.3) is 0 Å². The van der Waals surface area contributed by atoms with E-state index in [9.17, 15) is 18.8 Å². The van der Waals surface area contributed by atoms with E-state index in [0.717, 1.165) is 18.2 Å². The summed E-state index contributed by atoms with van der Waals surface area (Å²) in [5.74, 6) is -1.63. The zero-order valence-corrected chi connectivity index (χ0v) is 16.7. The van der Waals surface area contributed by atoms with Crippen LogP contribution in [0.1, 0.15) is 23.0 Å². The summed E-state index contributed by atoms with van der Waals surface area (Å²) in [7, 11) is 1.65.